The van der Waals surface area contributed by atoms with Gasteiger partial charge in [0.1, 0.15) is 0 Å². The van der Waals surface area contributed by atoms with Gasteiger partial charge < -0.3 is 10.4 Å². The van der Waals surface area contributed by atoms with Crippen LogP contribution in [0.25, 0.3) is 0 Å². The summed E-state index contributed by atoms with van der Waals surface area (Å²) in [6.07, 6.45) is -0.155. The number of β-amino-alcohol motifs (C(OH)–C–C–N with tert-alkyl or cyclic N) is 1. The summed E-state index contributed by atoms with van der Waals surface area (Å²) in [5, 5.41) is 13.0. The van der Waals surface area contributed by atoms with Crippen LogP contribution in [0, 0.1) is 11.8 Å². The summed E-state index contributed by atoms with van der Waals surface area (Å²) in [4.78, 5) is 2.44. The second-order valence-corrected chi connectivity index (χ2v) is 4.70. The lowest BCUT2D eigenvalue weighted by Gasteiger charge is -2.25. The van der Waals surface area contributed by atoms with Gasteiger partial charge in [-0.3, -0.25) is 4.90 Å². The fraction of sp³-hybridized carbons (Fsp3) is 1.00. The maximum Gasteiger partial charge on any atom is 0.0831 e. The van der Waals surface area contributed by atoms with Crippen molar-refractivity contribution in [1.82, 2.24) is 10.2 Å². The Morgan fingerprint density at radius 1 is 1.15 bits per heavy atom. The van der Waals surface area contributed by atoms with E-state index >= 15 is 0 Å². The molecule has 2 heterocycles. The highest BCUT2D eigenvalue weighted by Gasteiger charge is 2.36. The number of aliphatic hydroxyl groups excluding tert-OH is 1. The summed E-state index contributed by atoms with van der Waals surface area (Å²) >= 11 is 0. The monoisotopic (exact) mass is 184 g/mol. The van der Waals surface area contributed by atoms with Crippen LogP contribution in [0.2, 0.25) is 0 Å². The van der Waals surface area contributed by atoms with Gasteiger partial charge in [0.2, 0.25) is 0 Å². The maximum absolute atomic E-state index is 9.72. The first kappa shape index (κ1) is 9.44. The number of aliphatic hydroxyl groups is 1. The molecule has 0 spiro atoms. The van der Waals surface area contributed by atoms with E-state index in [1.165, 1.54) is 0 Å². The predicted molar refractivity (Wildman–Crippen MR) is 52.6 cm³/mol. The normalized spacial score (nSPS) is 47.3. The van der Waals surface area contributed by atoms with Crippen molar-refractivity contribution in [1.29, 1.82) is 0 Å². The Balaban J connectivity index is 1.95. The Kier molecular flexibility index (Phi) is 2.58. The molecule has 4 atom stereocenters. The third-order valence-electron chi connectivity index (χ3n) is 3.64. The van der Waals surface area contributed by atoms with E-state index in [0.717, 1.165) is 38.0 Å². The van der Waals surface area contributed by atoms with Crippen molar-refractivity contribution in [3.05, 3.63) is 0 Å². The van der Waals surface area contributed by atoms with E-state index in [9.17, 15) is 5.11 Å². The molecule has 0 aromatic rings. The number of rotatable bonds is 1. The summed E-state index contributed by atoms with van der Waals surface area (Å²) < 4.78 is 0. The van der Waals surface area contributed by atoms with Crippen LogP contribution >= 0.6 is 0 Å². The third-order valence-corrected chi connectivity index (χ3v) is 3.64. The minimum atomic E-state index is -0.155. The molecule has 3 heteroatoms. The van der Waals surface area contributed by atoms with Crippen molar-refractivity contribution in [2.24, 2.45) is 11.8 Å². The summed E-state index contributed by atoms with van der Waals surface area (Å²) in [6, 6.07) is 0.368. The lowest BCUT2D eigenvalue weighted by molar-refractivity contribution is 0.0953. The van der Waals surface area contributed by atoms with Crippen LogP contribution in [0.15, 0.2) is 0 Å². The van der Waals surface area contributed by atoms with E-state index in [1.807, 2.05) is 0 Å². The lowest BCUT2D eigenvalue weighted by Crippen LogP contribution is -2.41. The smallest absolute Gasteiger partial charge is 0.0831 e. The molecule has 0 bridgehead atoms. The minimum Gasteiger partial charge on any atom is -0.390 e. The van der Waals surface area contributed by atoms with Gasteiger partial charge in [-0.25, -0.2) is 0 Å². The third kappa shape index (κ3) is 1.73. The molecular formula is C10H20N2O. The fourth-order valence-electron chi connectivity index (χ4n) is 2.47. The Morgan fingerprint density at radius 3 is 2.23 bits per heavy atom. The highest BCUT2D eigenvalue weighted by atomic mass is 16.3. The van der Waals surface area contributed by atoms with E-state index in [1.54, 1.807) is 0 Å². The van der Waals surface area contributed by atoms with Crippen LogP contribution in [-0.4, -0.2) is 48.3 Å². The van der Waals surface area contributed by atoms with E-state index in [0.29, 0.717) is 6.04 Å². The van der Waals surface area contributed by atoms with Crippen LogP contribution in [-0.2, 0) is 0 Å². The number of nitrogens with one attached hydrogen (secondary N) is 1. The average Bonchev–Trinajstić information content (AvgIpc) is 2.60. The molecule has 2 aliphatic rings. The van der Waals surface area contributed by atoms with Gasteiger partial charge in [-0.1, -0.05) is 13.8 Å². The minimum absolute atomic E-state index is 0.155. The predicted octanol–water partition coefficient (Wildman–Crippen LogP) is -0.0931. The van der Waals surface area contributed by atoms with Crippen LogP contribution in [0.5, 0.6) is 0 Å². The first-order valence-corrected chi connectivity index (χ1v) is 5.31. The standard InChI is InChI=1S/C10H20N2O/c1-7-5-12(6-8(7)2)9-3-11-4-10(9)13/h7-11,13H,3-6H2,1-2H3. The summed E-state index contributed by atoms with van der Waals surface area (Å²) in [5.41, 5.74) is 0. The Hall–Kier alpha value is -0.120. The SMILES string of the molecule is CC1CN(C2CNCC2O)CC1C. The second kappa shape index (κ2) is 3.56. The highest BCUT2D eigenvalue weighted by Crippen LogP contribution is 2.25. The van der Waals surface area contributed by atoms with Gasteiger partial charge in [0.15, 0.2) is 0 Å². The van der Waals surface area contributed by atoms with Crippen LogP contribution < -0.4 is 5.32 Å². The zero-order valence-corrected chi connectivity index (χ0v) is 8.53. The molecule has 0 aromatic heterocycles. The van der Waals surface area contributed by atoms with Gasteiger partial charge in [-0.15, -0.1) is 0 Å². The van der Waals surface area contributed by atoms with E-state index in [4.69, 9.17) is 0 Å². The van der Waals surface area contributed by atoms with Gasteiger partial charge in [0.25, 0.3) is 0 Å². The molecule has 13 heavy (non-hydrogen) atoms. The summed E-state index contributed by atoms with van der Waals surface area (Å²) in [6.45, 7) is 8.65. The first-order valence-electron chi connectivity index (χ1n) is 5.31. The molecule has 2 aliphatic heterocycles. The molecule has 0 amide bonds. The molecule has 2 saturated heterocycles. The van der Waals surface area contributed by atoms with E-state index < -0.39 is 0 Å². The van der Waals surface area contributed by atoms with E-state index in [-0.39, 0.29) is 6.10 Å². The Morgan fingerprint density at radius 2 is 1.77 bits per heavy atom. The zero-order chi connectivity index (χ0) is 9.42. The van der Waals surface area contributed by atoms with Gasteiger partial charge in [-0.2, -0.15) is 0 Å². The fourth-order valence-corrected chi connectivity index (χ4v) is 2.47. The molecule has 0 radical (unpaired) electrons. The van der Waals surface area contributed by atoms with Crippen molar-refractivity contribution < 1.29 is 5.11 Å². The molecule has 2 N–H and O–H groups in total. The van der Waals surface area contributed by atoms with Crippen LogP contribution in [0.4, 0.5) is 0 Å². The van der Waals surface area contributed by atoms with Crippen molar-refractivity contribution in [3.63, 3.8) is 0 Å². The van der Waals surface area contributed by atoms with Crippen molar-refractivity contribution in [2.45, 2.75) is 26.0 Å². The Bertz CT molecular complexity index is 176. The van der Waals surface area contributed by atoms with E-state index in [2.05, 4.69) is 24.1 Å². The van der Waals surface area contributed by atoms with Gasteiger partial charge in [-0.05, 0) is 11.8 Å². The molecule has 0 aromatic carbocycles. The molecule has 2 fully saturated rings. The summed E-state index contributed by atoms with van der Waals surface area (Å²) in [5.74, 6) is 1.57. The van der Waals surface area contributed by atoms with Gasteiger partial charge in [0, 0.05) is 32.2 Å². The molecule has 76 valence electrons. The maximum atomic E-state index is 9.72. The van der Waals surface area contributed by atoms with Crippen LogP contribution in [0.1, 0.15) is 13.8 Å². The lowest BCUT2D eigenvalue weighted by atomic mass is 10.0. The van der Waals surface area contributed by atoms with Crippen molar-refractivity contribution >= 4 is 0 Å². The molecule has 3 nitrogen and oxygen atoms in total. The van der Waals surface area contributed by atoms with Gasteiger partial charge in [0.05, 0.1) is 6.10 Å². The van der Waals surface area contributed by atoms with Crippen molar-refractivity contribution in [2.75, 3.05) is 26.2 Å². The molecule has 0 saturated carbocycles. The average molecular weight is 184 g/mol. The number of likely N-dealkylation sites (tertiary alicyclic amines) is 1. The van der Waals surface area contributed by atoms with Crippen molar-refractivity contribution in [3.8, 4) is 0 Å². The van der Waals surface area contributed by atoms with Crippen LogP contribution in [0.3, 0.4) is 0 Å². The molecule has 2 rings (SSSR count). The summed E-state index contributed by atoms with van der Waals surface area (Å²) in [7, 11) is 0. The number of nitrogens with zero attached hydrogens (tertiary/aromatic N) is 1. The highest BCUT2D eigenvalue weighted by molar-refractivity contribution is 4.92. The molecule has 0 aliphatic carbocycles. The number of hydrogen-bond donors (Lipinski definition) is 2. The largest absolute Gasteiger partial charge is 0.390 e. The van der Waals surface area contributed by atoms with Gasteiger partial charge >= 0.3 is 0 Å². The topological polar surface area (TPSA) is 35.5 Å². The molecule has 4 unspecified atom stereocenters. The second-order valence-electron chi connectivity index (χ2n) is 4.70. The molecular weight excluding hydrogens is 164 g/mol. The first-order chi connectivity index (χ1) is 6.18. The quantitative estimate of drug-likeness (QED) is 0.598. The number of hydrogen-bond acceptors (Lipinski definition) is 3. The Labute approximate surface area is 80.1 Å². The zero-order valence-electron chi connectivity index (χ0n) is 8.53.